The normalized spacial score (nSPS) is 12.3. The van der Waals surface area contributed by atoms with Crippen molar-refractivity contribution in [2.45, 2.75) is 13.8 Å². The number of rotatable bonds is 7. The second-order valence-electron chi connectivity index (χ2n) is 4.50. The molecule has 0 aliphatic carbocycles. The van der Waals surface area contributed by atoms with Gasteiger partial charge in [0.2, 0.25) is 5.91 Å². The molecule has 0 saturated heterocycles. The predicted molar refractivity (Wildman–Crippen MR) is 79.4 cm³/mol. The lowest BCUT2D eigenvalue weighted by Gasteiger charge is -2.12. The Morgan fingerprint density at radius 3 is 2.80 bits per heavy atom. The van der Waals surface area contributed by atoms with Gasteiger partial charge < -0.3 is 15.7 Å². The van der Waals surface area contributed by atoms with Crippen molar-refractivity contribution in [3.05, 3.63) is 35.9 Å². The van der Waals surface area contributed by atoms with Crippen LogP contribution in [-0.2, 0) is 9.59 Å². The average molecular weight is 276 g/mol. The number of benzene rings is 1. The van der Waals surface area contributed by atoms with Crippen molar-refractivity contribution in [2.75, 3.05) is 18.4 Å². The Hall–Kier alpha value is -2.14. The van der Waals surface area contributed by atoms with Crippen LogP contribution in [0, 0.1) is 5.92 Å². The number of amides is 1. The van der Waals surface area contributed by atoms with Crippen molar-refractivity contribution in [1.29, 1.82) is 0 Å². The summed E-state index contributed by atoms with van der Waals surface area (Å²) in [4.78, 5) is 22.4. The van der Waals surface area contributed by atoms with Crippen LogP contribution in [0.15, 0.2) is 30.3 Å². The fourth-order valence-corrected chi connectivity index (χ4v) is 1.61. The molecule has 1 aromatic rings. The topological polar surface area (TPSA) is 78.4 Å². The molecule has 1 unspecified atom stereocenters. The van der Waals surface area contributed by atoms with E-state index in [1.165, 1.54) is 6.08 Å². The van der Waals surface area contributed by atoms with Crippen molar-refractivity contribution in [3.63, 3.8) is 0 Å². The Morgan fingerprint density at radius 1 is 1.40 bits per heavy atom. The SMILES string of the molecule is CCNCC(C)C(=O)Nc1cccc(/C=C/C(=O)O)c1. The molecule has 3 N–H and O–H groups in total. The molecular formula is C15H20N2O3. The first kappa shape index (κ1) is 15.9. The summed E-state index contributed by atoms with van der Waals surface area (Å²) in [7, 11) is 0. The van der Waals surface area contributed by atoms with Gasteiger partial charge in [-0.1, -0.05) is 26.0 Å². The number of carboxylic acid groups (broad SMARTS) is 1. The summed E-state index contributed by atoms with van der Waals surface area (Å²) in [5, 5.41) is 14.5. The molecule has 20 heavy (non-hydrogen) atoms. The second-order valence-corrected chi connectivity index (χ2v) is 4.50. The molecule has 1 atom stereocenters. The number of hydrogen-bond acceptors (Lipinski definition) is 3. The van der Waals surface area contributed by atoms with Crippen molar-refractivity contribution < 1.29 is 14.7 Å². The lowest BCUT2D eigenvalue weighted by molar-refractivity contribution is -0.131. The van der Waals surface area contributed by atoms with Crippen LogP contribution >= 0.6 is 0 Å². The molecule has 0 aliphatic heterocycles. The third-order valence-corrected chi connectivity index (χ3v) is 2.72. The minimum absolute atomic E-state index is 0.0645. The van der Waals surface area contributed by atoms with Gasteiger partial charge in [0, 0.05) is 24.2 Å². The largest absolute Gasteiger partial charge is 0.478 e. The highest BCUT2D eigenvalue weighted by molar-refractivity contribution is 5.93. The maximum Gasteiger partial charge on any atom is 0.328 e. The van der Waals surface area contributed by atoms with E-state index in [1.54, 1.807) is 24.3 Å². The molecule has 108 valence electrons. The van der Waals surface area contributed by atoms with Crippen LogP contribution in [0.25, 0.3) is 6.08 Å². The lowest BCUT2D eigenvalue weighted by Crippen LogP contribution is -2.30. The van der Waals surface area contributed by atoms with Crippen LogP contribution in [0.5, 0.6) is 0 Å². The van der Waals surface area contributed by atoms with Gasteiger partial charge in [0.15, 0.2) is 0 Å². The van der Waals surface area contributed by atoms with E-state index in [2.05, 4.69) is 10.6 Å². The molecule has 1 rings (SSSR count). The first-order chi connectivity index (χ1) is 9.52. The van der Waals surface area contributed by atoms with Crippen molar-refractivity contribution in [1.82, 2.24) is 5.32 Å². The Morgan fingerprint density at radius 2 is 2.15 bits per heavy atom. The molecule has 0 bridgehead atoms. The molecule has 0 spiro atoms. The summed E-state index contributed by atoms with van der Waals surface area (Å²) in [6.07, 6.45) is 2.55. The van der Waals surface area contributed by atoms with Gasteiger partial charge in [-0.3, -0.25) is 4.79 Å². The molecule has 0 heterocycles. The maximum atomic E-state index is 11.9. The van der Waals surface area contributed by atoms with Crippen LogP contribution in [0.2, 0.25) is 0 Å². The number of aliphatic carboxylic acids is 1. The second kappa shape index (κ2) is 8.12. The third kappa shape index (κ3) is 5.67. The van der Waals surface area contributed by atoms with Crippen molar-refractivity contribution in [3.8, 4) is 0 Å². The molecule has 0 radical (unpaired) electrons. The van der Waals surface area contributed by atoms with Crippen LogP contribution < -0.4 is 10.6 Å². The van der Waals surface area contributed by atoms with Gasteiger partial charge in [0.1, 0.15) is 0 Å². The molecule has 1 amide bonds. The minimum Gasteiger partial charge on any atom is -0.478 e. The van der Waals surface area contributed by atoms with E-state index >= 15 is 0 Å². The summed E-state index contributed by atoms with van der Waals surface area (Å²) in [5.74, 6) is -1.20. The third-order valence-electron chi connectivity index (χ3n) is 2.72. The van der Waals surface area contributed by atoms with Gasteiger partial charge in [0.25, 0.3) is 0 Å². The van der Waals surface area contributed by atoms with E-state index in [-0.39, 0.29) is 11.8 Å². The fourth-order valence-electron chi connectivity index (χ4n) is 1.61. The van der Waals surface area contributed by atoms with Gasteiger partial charge in [-0.05, 0) is 30.3 Å². The highest BCUT2D eigenvalue weighted by Crippen LogP contribution is 2.13. The van der Waals surface area contributed by atoms with Crippen LogP contribution in [0.4, 0.5) is 5.69 Å². The molecule has 0 fully saturated rings. The number of nitrogens with one attached hydrogen (secondary N) is 2. The van der Waals surface area contributed by atoms with Gasteiger partial charge in [0.05, 0.1) is 0 Å². The van der Waals surface area contributed by atoms with Gasteiger partial charge in [-0.25, -0.2) is 4.79 Å². The smallest absolute Gasteiger partial charge is 0.328 e. The van der Waals surface area contributed by atoms with Gasteiger partial charge in [-0.15, -0.1) is 0 Å². The minimum atomic E-state index is -1.00. The zero-order valence-electron chi connectivity index (χ0n) is 11.7. The highest BCUT2D eigenvalue weighted by atomic mass is 16.4. The van der Waals surface area contributed by atoms with E-state index in [0.29, 0.717) is 12.2 Å². The quantitative estimate of drug-likeness (QED) is 0.665. The van der Waals surface area contributed by atoms with E-state index in [4.69, 9.17) is 5.11 Å². The van der Waals surface area contributed by atoms with E-state index < -0.39 is 5.97 Å². The molecule has 0 aliphatic rings. The first-order valence-electron chi connectivity index (χ1n) is 6.55. The number of hydrogen-bond donors (Lipinski definition) is 3. The Kier molecular flexibility index (Phi) is 6.46. The summed E-state index contributed by atoms with van der Waals surface area (Å²) in [6, 6.07) is 7.05. The van der Waals surface area contributed by atoms with E-state index in [9.17, 15) is 9.59 Å². The summed E-state index contributed by atoms with van der Waals surface area (Å²) < 4.78 is 0. The molecule has 0 aromatic heterocycles. The Bertz CT molecular complexity index is 498. The van der Waals surface area contributed by atoms with Crippen LogP contribution in [0.3, 0.4) is 0 Å². The molecule has 1 aromatic carbocycles. The lowest BCUT2D eigenvalue weighted by atomic mass is 10.1. The van der Waals surface area contributed by atoms with Crippen LogP contribution in [-0.4, -0.2) is 30.1 Å². The number of anilines is 1. The monoisotopic (exact) mass is 276 g/mol. The molecule has 5 nitrogen and oxygen atoms in total. The number of carbonyl (C=O) groups is 2. The number of carboxylic acids is 1. The molecular weight excluding hydrogens is 256 g/mol. The maximum absolute atomic E-state index is 11.9. The van der Waals surface area contributed by atoms with Crippen molar-refractivity contribution in [2.24, 2.45) is 5.92 Å². The van der Waals surface area contributed by atoms with E-state index in [0.717, 1.165) is 18.2 Å². The van der Waals surface area contributed by atoms with E-state index in [1.807, 2.05) is 13.8 Å². The fraction of sp³-hybridized carbons (Fsp3) is 0.333. The van der Waals surface area contributed by atoms with Crippen molar-refractivity contribution >= 4 is 23.6 Å². The Labute approximate surface area is 118 Å². The van der Waals surface area contributed by atoms with Gasteiger partial charge >= 0.3 is 5.97 Å². The predicted octanol–water partition coefficient (Wildman–Crippen LogP) is 1.97. The molecule has 5 heteroatoms. The first-order valence-corrected chi connectivity index (χ1v) is 6.55. The zero-order chi connectivity index (χ0) is 15.0. The Balaban J connectivity index is 2.66. The zero-order valence-corrected chi connectivity index (χ0v) is 11.7. The highest BCUT2D eigenvalue weighted by Gasteiger charge is 2.12. The van der Waals surface area contributed by atoms with Gasteiger partial charge in [-0.2, -0.15) is 0 Å². The summed E-state index contributed by atoms with van der Waals surface area (Å²) in [6.45, 7) is 5.29. The average Bonchev–Trinajstić information content (AvgIpc) is 2.42. The summed E-state index contributed by atoms with van der Waals surface area (Å²) >= 11 is 0. The number of carbonyl (C=O) groups excluding carboxylic acids is 1. The standard InChI is InChI=1S/C15H20N2O3/c1-3-16-10-11(2)15(20)17-13-6-4-5-12(9-13)7-8-14(18)19/h4-9,11,16H,3,10H2,1-2H3,(H,17,20)(H,18,19)/b8-7+. The summed E-state index contributed by atoms with van der Waals surface area (Å²) in [5.41, 5.74) is 1.38. The van der Waals surface area contributed by atoms with Crippen LogP contribution in [0.1, 0.15) is 19.4 Å². The molecule has 0 saturated carbocycles.